The van der Waals surface area contributed by atoms with Crippen molar-refractivity contribution in [3.8, 4) is 5.75 Å². The van der Waals surface area contributed by atoms with Crippen LogP contribution < -0.4 is 10.1 Å². The zero-order valence-electron chi connectivity index (χ0n) is 8.25. The first kappa shape index (κ1) is 8.16. The second-order valence-corrected chi connectivity index (χ2v) is 4.17. The Morgan fingerprint density at radius 3 is 3.00 bits per heavy atom. The van der Waals surface area contributed by atoms with Gasteiger partial charge < -0.3 is 10.1 Å². The molecule has 1 aromatic rings. The summed E-state index contributed by atoms with van der Waals surface area (Å²) >= 11 is 0. The molecule has 0 amide bonds. The molecule has 0 atom stereocenters. The van der Waals surface area contributed by atoms with E-state index in [4.69, 9.17) is 4.74 Å². The number of anilines is 1. The van der Waals surface area contributed by atoms with Gasteiger partial charge in [-0.05, 0) is 49.4 Å². The summed E-state index contributed by atoms with van der Waals surface area (Å²) in [6.07, 6.45) is 5.42. The summed E-state index contributed by atoms with van der Waals surface area (Å²) in [5.41, 5.74) is 2.69. The Kier molecular flexibility index (Phi) is 1.86. The minimum absolute atomic E-state index is 0.488. The van der Waals surface area contributed by atoms with Crippen LogP contribution in [0, 0.1) is 0 Å². The van der Waals surface area contributed by atoms with Crippen molar-refractivity contribution in [3.05, 3.63) is 23.8 Å². The Morgan fingerprint density at radius 1 is 1.29 bits per heavy atom. The van der Waals surface area contributed by atoms with E-state index in [9.17, 15) is 0 Å². The number of ether oxygens (including phenoxy) is 1. The van der Waals surface area contributed by atoms with Crippen LogP contribution in [-0.2, 0) is 6.42 Å². The summed E-state index contributed by atoms with van der Waals surface area (Å²) in [4.78, 5) is 0. The molecule has 1 N–H and O–H groups in total. The fourth-order valence-corrected chi connectivity index (χ4v) is 2.04. The lowest BCUT2D eigenvalue weighted by atomic mass is 9.96. The van der Waals surface area contributed by atoms with Crippen LogP contribution in [0.1, 0.15) is 24.8 Å². The van der Waals surface area contributed by atoms with Crippen molar-refractivity contribution in [2.24, 2.45) is 0 Å². The average molecular weight is 189 g/mol. The lowest BCUT2D eigenvalue weighted by Gasteiger charge is -2.26. The third-order valence-corrected chi connectivity index (χ3v) is 3.14. The van der Waals surface area contributed by atoms with Gasteiger partial charge in [0.2, 0.25) is 0 Å². The highest BCUT2D eigenvalue weighted by atomic mass is 16.5. The molecule has 14 heavy (non-hydrogen) atoms. The number of hydrogen-bond donors (Lipinski definition) is 1. The minimum atomic E-state index is 0.488. The number of benzene rings is 1. The fourth-order valence-electron chi connectivity index (χ4n) is 2.04. The number of rotatable bonds is 2. The number of hydrogen-bond acceptors (Lipinski definition) is 2. The zero-order chi connectivity index (χ0) is 9.38. The van der Waals surface area contributed by atoms with Crippen LogP contribution in [0.3, 0.4) is 0 Å². The molecule has 0 aromatic heterocycles. The first-order valence-electron chi connectivity index (χ1n) is 5.45. The molecule has 2 heteroatoms. The molecule has 2 aliphatic rings. The van der Waals surface area contributed by atoms with Gasteiger partial charge >= 0.3 is 0 Å². The van der Waals surface area contributed by atoms with Crippen molar-refractivity contribution < 1.29 is 4.74 Å². The second-order valence-electron chi connectivity index (χ2n) is 4.17. The van der Waals surface area contributed by atoms with Crippen molar-refractivity contribution in [2.45, 2.75) is 31.8 Å². The molecule has 0 spiro atoms. The van der Waals surface area contributed by atoms with Gasteiger partial charge in [0.25, 0.3) is 0 Å². The molecule has 0 bridgehead atoms. The van der Waals surface area contributed by atoms with E-state index in [1.807, 2.05) is 0 Å². The van der Waals surface area contributed by atoms with Crippen molar-refractivity contribution in [2.75, 3.05) is 11.9 Å². The minimum Gasteiger partial charge on any atom is -0.490 e. The first-order valence-corrected chi connectivity index (χ1v) is 5.45. The van der Waals surface area contributed by atoms with Crippen LogP contribution in [0.2, 0.25) is 0 Å². The van der Waals surface area contributed by atoms with Crippen molar-refractivity contribution >= 4 is 5.69 Å². The van der Waals surface area contributed by atoms with Gasteiger partial charge in [0.15, 0.2) is 0 Å². The summed E-state index contributed by atoms with van der Waals surface area (Å²) in [7, 11) is 0. The van der Waals surface area contributed by atoms with Gasteiger partial charge in [-0.1, -0.05) is 0 Å². The molecule has 1 fully saturated rings. The van der Waals surface area contributed by atoms with Gasteiger partial charge in [-0.25, -0.2) is 0 Å². The third-order valence-electron chi connectivity index (χ3n) is 3.14. The highest BCUT2D eigenvalue weighted by Crippen LogP contribution is 2.30. The molecule has 74 valence electrons. The third kappa shape index (κ3) is 1.35. The number of nitrogens with one attached hydrogen (secondary N) is 1. The summed E-state index contributed by atoms with van der Waals surface area (Å²) < 4.78 is 5.85. The van der Waals surface area contributed by atoms with Gasteiger partial charge in [-0.2, -0.15) is 0 Å². The van der Waals surface area contributed by atoms with E-state index in [1.54, 1.807) is 0 Å². The smallest absolute Gasteiger partial charge is 0.120 e. The molecule has 2 nitrogen and oxygen atoms in total. The van der Waals surface area contributed by atoms with Gasteiger partial charge in [0.05, 0.1) is 6.10 Å². The van der Waals surface area contributed by atoms with Crippen LogP contribution in [-0.4, -0.2) is 12.6 Å². The van der Waals surface area contributed by atoms with E-state index in [-0.39, 0.29) is 0 Å². The second kappa shape index (κ2) is 3.19. The van der Waals surface area contributed by atoms with E-state index < -0.39 is 0 Å². The first-order chi connectivity index (χ1) is 6.92. The average Bonchev–Trinajstić information content (AvgIpc) is 2.58. The predicted octanol–water partition coefficient (Wildman–Crippen LogP) is 2.59. The van der Waals surface area contributed by atoms with Crippen molar-refractivity contribution in [1.29, 1.82) is 0 Å². The molecule has 1 heterocycles. The van der Waals surface area contributed by atoms with E-state index in [1.165, 1.54) is 30.5 Å². The maximum atomic E-state index is 5.85. The lowest BCUT2D eigenvalue weighted by molar-refractivity contribution is 0.120. The zero-order valence-corrected chi connectivity index (χ0v) is 8.25. The van der Waals surface area contributed by atoms with Crippen LogP contribution in [0.4, 0.5) is 5.69 Å². The Bertz CT molecular complexity index is 344. The monoisotopic (exact) mass is 189 g/mol. The maximum Gasteiger partial charge on any atom is 0.120 e. The Labute approximate surface area is 84.3 Å². The molecule has 1 aliphatic heterocycles. The predicted molar refractivity (Wildman–Crippen MR) is 56.9 cm³/mol. The highest BCUT2D eigenvalue weighted by molar-refractivity contribution is 5.57. The van der Waals surface area contributed by atoms with Gasteiger partial charge in [0.1, 0.15) is 5.75 Å². The molecular weight excluding hydrogens is 174 g/mol. The van der Waals surface area contributed by atoms with E-state index >= 15 is 0 Å². The molecule has 1 aromatic carbocycles. The summed E-state index contributed by atoms with van der Waals surface area (Å²) in [5.74, 6) is 1.05. The normalized spacial score (nSPS) is 19.7. The fraction of sp³-hybridized carbons (Fsp3) is 0.500. The van der Waals surface area contributed by atoms with Gasteiger partial charge in [0, 0.05) is 12.2 Å². The highest BCUT2D eigenvalue weighted by Gasteiger charge is 2.19. The van der Waals surface area contributed by atoms with Crippen LogP contribution in [0.25, 0.3) is 0 Å². The summed E-state index contributed by atoms with van der Waals surface area (Å²) in [5, 5.41) is 3.35. The summed E-state index contributed by atoms with van der Waals surface area (Å²) in [6.45, 7) is 1.07. The Balaban J connectivity index is 1.78. The maximum absolute atomic E-state index is 5.85. The largest absolute Gasteiger partial charge is 0.490 e. The van der Waals surface area contributed by atoms with Crippen LogP contribution in [0.5, 0.6) is 5.75 Å². The standard InChI is InChI=1S/C12H15NO/c1-2-10(3-1)14-11-4-5-12-9(8-11)6-7-13-12/h4-5,8,10,13H,1-3,6-7H2. The van der Waals surface area contributed by atoms with Gasteiger partial charge in [-0.3, -0.25) is 0 Å². The Hall–Kier alpha value is -1.18. The van der Waals surface area contributed by atoms with E-state index in [0.717, 1.165) is 18.7 Å². The van der Waals surface area contributed by atoms with Crippen molar-refractivity contribution in [1.82, 2.24) is 0 Å². The lowest BCUT2D eigenvalue weighted by Crippen LogP contribution is -2.24. The topological polar surface area (TPSA) is 21.3 Å². The molecule has 1 saturated carbocycles. The summed E-state index contributed by atoms with van der Waals surface area (Å²) in [6, 6.07) is 6.40. The Morgan fingerprint density at radius 2 is 2.21 bits per heavy atom. The van der Waals surface area contributed by atoms with Crippen LogP contribution in [0.15, 0.2) is 18.2 Å². The number of fused-ring (bicyclic) bond motifs is 1. The molecule has 0 radical (unpaired) electrons. The van der Waals surface area contributed by atoms with E-state index in [0.29, 0.717) is 6.10 Å². The molecule has 3 rings (SSSR count). The van der Waals surface area contributed by atoms with Gasteiger partial charge in [-0.15, -0.1) is 0 Å². The quantitative estimate of drug-likeness (QED) is 0.772. The van der Waals surface area contributed by atoms with E-state index in [2.05, 4.69) is 23.5 Å². The molecule has 0 unspecified atom stereocenters. The molecular formula is C12H15NO. The molecule has 0 saturated heterocycles. The SMILES string of the molecule is c1cc2c(cc1OC1CCC1)CCN2. The van der Waals surface area contributed by atoms with Crippen LogP contribution >= 0.6 is 0 Å². The molecule has 1 aliphatic carbocycles. The van der Waals surface area contributed by atoms with Crippen molar-refractivity contribution in [3.63, 3.8) is 0 Å².